The topological polar surface area (TPSA) is 85.1 Å². The maximum atomic E-state index is 12.3. The first-order chi connectivity index (χ1) is 11.7. The van der Waals surface area contributed by atoms with Crippen LogP contribution in [0.3, 0.4) is 0 Å². The first-order valence-corrected chi connectivity index (χ1v) is 8.52. The quantitative estimate of drug-likeness (QED) is 0.542. The van der Waals surface area contributed by atoms with Crippen molar-refractivity contribution in [3.63, 3.8) is 0 Å². The third-order valence-electron chi connectivity index (χ3n) is 3.79. The second-order valence-electron chi connectivity index (χ2n) is 6.71. The fourth-order valence-corrected chi connectivity index (χ4v) is 3.27. The molecule has 25 heavy (non-hydrogen) atoms. The van der Waals surface area contributed by atoms with Crippen LogP contribution in [0.2, 0.25) is 0 Å². The zero-order valence-electron chi connectivity index (χ0n) is 14.1. The number of nitro benzene ring substituents is 1. The lowest BCUT2D eigenvalue weighted by molar-refractivity contribution is -0.384. The molecule has 1 aromatic heterocycles. The molecule has 0 radical (unpaired) electrons. The van der Waals surface area contributed by atoms with Gasteiger partial charge in [0, 0.05) is 17.7 Å². The van der Waals surface area contributed by atoms with Crippen molar-refractivity contribution in [2.45, 2.75) is 26.2 Å². The van der Waals surface area contributed by atoms with E-state index in [9.17, 15) is 14.9 Å². The van der Waals surface area contributed by atoms with Crippen molar-refractivity contribution in [3.05, 3.63) is 63.7 Å². The number of rotatable bonds is 3. The van der Waals surface area contributed by atoms with Gasteiger partial charge in [0.25, 0.3) is 11.6 Å². The third-order valence-corrected chi connectivity index (χ3v) is 4.73. The number of carbonyl (C=O) groups excluding carboxylic acids is 1. The van der Waals surface area contributed by atoms with Gasteiger partial charge in [-0.15, -0.1) is 0 Å². The summed E-state index contributed by atoms with van der Waals surface area (Å²) in [6.45, 7) is 6.42. The number of nitrogens with zero attached hydrogens (tertiary/aromatic N) is 2. The second-order valence-corrected chi connectivity index (χ2v) is 7.74. The Hall–Kier alpha value is -2.80. The summed E-state index contributed by atoms with van der Waals surface area (Å²) in [6, 6.07) is 11.7. The molecule has 3 aromatic rings. The average Bonchev–Trinajstić information content (AvgIpc) is 2.95. The number of non-ortho nitro benzene ring substituents is 1. The van der Waals surface area contributed by atoms with Gasteiger partial charge in [-0.1, -0.05) is 44.2 Å². The monoisotopic (exact) mass is 355 g/mol. The van der Waals surface area contributed by atoms with Gasteiger partial charge in [-0.25, -0.2) is 4.98 Å². The zero-order chi connectivity index (χ0) is 18.2. The van der Waals surface area contributed by atoms with Gasteiger partial charge in [0.2, 0.25) is 0 Å². The molecule has 7 heteroatoms. The van der Waals surface area contributed by atoms with E-state index in [1.54, 1.807) is 0 Å². The Morgan fingerprint density at radius 2 is 1.96 bits per heavy atom. The van der Waals surface area contributed by atoms with Gasteiger partial charge in [0.05, 0.1) is 15.1 Å². The van der Waals surface area contributed by atoms with E-state index in [0.29, 0.717) is 5.13 Å². The van der Waals surface area contributed by atoms with Gasteiger partial charge in [0.1, 0.15) is 0 Å². The number of nitrogens with one attached hydrogen (secondary N) is 1. The number of hydrogen-bond acceptors (Lipinski definition) is 5. The Morgan fingerprint density at radius 1 is 1.20 bits per heavy atom. The molecule has 128 valence electrons. The van der Waals surface area contributed by atoms with E-state index in [2.05, 4.69) is 37.1 Å². The molecule has 0 saturated heterocycles. The summed E-state index contributed by atoms with van der Waals surface area (Å²) in [5.41, 5.74) is 2.15. The Bertz CT molecular complexity index is 973. The normalized spacial score (nSPS) is 11.5. The number of thiazole rings is 1. The van der Waals surface area contributed by atoms with Crippen LogP contribution in [0, 0.1) is 10.1 Å². The lowest BCUT2D eigenvalue weighted by Gasteiger charge is -2.18. The van der Waals surface area contributed by atoms with E-state index in [4.69, 9.17) is 0 Å². The number of benzene rings is 2. The molecule has 0 aliphatic carbocycles. The Kier molecular flexibility index (Phi) is 4.26. The van der Waals surface area contributed by atoms with Gasteiger partial charge < -0.3 is 0 Å². The number of anilines is 1. The molecule has 3 rings (SSSR count). The Balaban J connectivity index is 1.86. The van der Waals surface area contributed by atoms with Crippen LogP contribution < -0.4 is 5.32 Å². The molecule has 6 nitrogen and oxygen atoms in total. The number of aromatic nitrogens is 1. The standard InChI is InChI=1S/C18H17N3O3S/c1-18(2,3)12-7-8-14-15(10-12)25-17(19-14)20-16(22)11-5-4-6-13(9-11)21(23)24/h4-10H,1-3H3,(H,19,20,22). The van der Waals surface area contributed by atoms with Crippen molar-refractivity contribution < 1.29 is 9.72 Å². The van der Waals surface area contributed by atoms with Crippen molar-refractivity contribution in [2.75, 3.05) is 5.32 Å². The molecule has 1 N–H and O–H groups in total. The summed E-state index contributed by atoms with van der Waals surface area (Å²) < 4.78 is 0.988. The zero-order valence-corrected chi connectivity index (χ0v) is 14.9. The highest BCUT2D eigenvalue weighted by Crippen LogP contribution is 2.31. The molecule has 0 fully saturated rings. The third kappa shape index (κ3) is 3.66. The fraction of sp³-hybridized carbons (Fsp3) is 0.222. The number of nitro groups is 1. The van der Waals surface area contributed by atoms with Crippen molar-refractivity contribution in [3.8, 4) is 0 Å². The van der Waals surface area contributed by atoms with Crippen LogP contribution in [0.5, 0.6) is 0 Å². The molecular weight excluding hydrogens is 338 g/mol. The molecule has 0 bridgehead atoms. The minimum absolute atomic E-state index is 0.0323. The number of carbonyl (C=O) groups is 1. The predicted molar refractivity (Wildman–Crippen MR) is 99.4 cm³/mol. The molecule has 0 saturated carbocycles. The molecule has 0 atom stereocenters. The minimum Gasteiger partial charge on any atom is -0.298 e. The maximum absolute atomic E-state index is 12.3. The number of fused-ring (bicyclic) bond motifs is 1. The largest absolute Gasteiger partial charge is 0.298 e. The van der Waals surface area contributed by atoms with Crippen LogP contribution >= 0.6 is 11.3 Å². The highest BCUT2D eigenvalue weighted by molar-refractivity contribution is 7.22. The lowest BCUT2D eigenvalue weighted by Crippen LogP contribution is -2.11. The first-order valence-electron chi connectivity index (χ1n) is 7.71. The maximum Gasteiger partial charge on any atom is 0.270 e. The second kappa shape index (κ2) is 6.25. The molecule has 1 amide bonds. The van der Waals surface area contributed by atoms with Crippen molar-refractivity contribution in [1.82, 2.24) is 4.98 Å². The van der Waals surface area contributed by atoms with Crippen LogP contribution in [0.15, 0.2) is 42.5 Å². The Labute approximate surface area is 148 Å². The summed E-state index contributed by atoms with van der Waals surface area (Å²) in [7, 11) is 0. The van der Waals surface area contributed by atoms with Crippen molar-refractivity contribution >= 4 is 38.3 Å². The lowest BCUT2D eigenvalue weighted by atomic mass is 9.87. The van der Waals surface area contributed by atoms with E-state index in [-0.39, 0.29) is 16.7 Å². The minimum atomic E-state index is -0.525. The van der Waals surface area contributed by atoms with Gasteiger partial charge in [-0.05, 0) is 29.2 Å². The van der Waals surface area contributed by atoms with Crippen LogP contribution in [0.25, 0.3) is 10.2 Å². The molecule has 0 aliphatic heterocycles. The fourth-order valence-electron chi connectivity index (χ4n) is 2.37. The van der Waals surface area contributed by atoms with E-state index < -0.39 is 10.8 Å². The summed E-state index contributed by atoms with van der Waals surface area (Å²) >= 11 is 1.38. The van der Waals surface area contributed by atoms with E-state index in [1.807, 2.05) is 12.1 Å². The SMILES string of the molecule is CC(C)(C)c1ccc2nc(NC(=O)c3cccc([N+](=O)[O-])c3)sc2c1. The number of amides is 1. The van der Waals surface area contributed by atoms with Gasteiger partial charge in [-0.3, -0.25) is 20.2 Å². The van der Waals surface area contributed by atoms with E-state index in [1.165, 1.54) is 41.2 Å². The Morgan fingerprint density at radius 3 is 2.64 bits per heavy atom. The van der Waals surface area contributed by atoms with Gasteiger partial charge >= 0.3 is 0 Å². The molecule has 0 aliphatic rings. The smallest absolute Gasteiger partial charge is 0.270 e. The molecule has 1 heterocycles. The summed E-state index contributed by atoms with van der Waals surface area (Å²) in [5.74, 6) is -0.418. The molecule has 0 spiro atoms. The van der Waals surface area contributed by atoms with Crippen molar-refractivity contribution in [1.29, 1.82) is 0 Å². The van der Waals surface area contributed by atoms with Crippen LogP contribution in [0.1, 0.15) is 36.7 Å². The summed E-state index contributed by atoms with van der Waals surface area (Å²) in [5, 5.41) is 14.0. The molecular formula is C18H17N3O3S. The van der Waals surface area contributed by atoms with Crippen LogP contribution in [-0.4, -0.2) is 15.8 Å². The van der Waals surface area contributed by atoms with Gasteiger partial charge in [-0.2, -0.15) is 0 Å². The van der Waals surface area contributed by atoms with Crippen LogP contribution in [-0.2, 0) is 5.41 Å². The van der Waals surface area contributed by atoms with E-state index >= 15 is 0 Å². The first kappa shape index (κ1) is 17.0. The highest BCUT2D eigenvalue weighted by atomic mass is 32.1. The molecule has 0 unspecified atom stereocenters. The van der Waals surface area contributed by atoms with Crippen LogP contribution in [0.4, 0.5) is 10.8 Å². The molecule has 2 aromatic carbocycles. The highest BCUT2D eigenvalue weighted by Gasteiger charge is 2.16. The van der Waals surface area contributed by atoms with Crippen molar-refractivity contribution in [2.24, 2.45) is 0 Å². The summed E-state index contributed by atoms with van der Waals surface area (Å²) in [6.07, 6.45) is 0. The average molecular weight is 355 g/mol. The predicted octanol–water partition coefficient (Wildman–Crippen LogP) is 4.75. The summed E-state index contributed by atoms with van der Waals surface area (Å²) in [4.78, 5) is 27.0. The van der Waals surface area contributed by atoms with E-state index in [0.717, 1.165) is 10.2 Å². The van der Waals surface area contributed by atoms with Gasteiger partial charge in [0.15, 0.2) is 5.13 Å². The number of hydrogen-bond donors (Lipinski definition) is 1.